The molecule has 5 nitrogen and oxygen atoms in total. The standard InChI is InChI=1S/C18H22N2O3/c1-13-6-4-7-14(12-13)16-9-8-15(17(21)19-16)18(22)20(2)10-5-11-23-3/h4,6-9,12H,5,10-11H2,1-3H3,(H,19,21). The summed E-state index contributed by atoms with van der Waals surface area (Å²) >= 11 is 0. The predicted octanol–water partition coefficient (Wildman–Crippen LogP) is 2.46. The quantitative estimate of drug-likeness (QED) is 0.833. The number of pyridine rings is 1. The van der Waals surface area contributed by atoms with Gasteiger partial charge in [0.15, 0.2) is 0 Å². The van der Waals surface area contributed by atoms with Crippen molar-refractivity contribution in [1.82, 2.24) is 9.88 Å². The number of aromatic nitrogens is 1. The fourth-order valence-corrected chi connectivity index (χ4v) is 2.38. The Kier molecular flexibility index (Phi) is 5.71. The third-order valence-corrected chi connectivity index (χ3v) is 3.66. The zero-order chi connectivity index (χ0) is 16.8. The van der Waals surface area contributed by atoms with Gasteiger partial charge in [0.2, 0.25) is 0 Å². The van der Waals surface area contributed by atoms with Gasteiger partial charge in [-0.1, -0.05) is 23.8 Å². The molecule has 1 amide bonds. The van der Waals surface area contributed by atoms with Crippen molar-refractivity contribution in [2.24, 2.45) is 0 Å². The van der Waals surface area contributed by atoms with Crippen LogP contribution in [0.4, 0.5) is 0 Å². The molecule has 0 fully saturated rings. The summed E-state index contributed by atoms with van der Waals surface area (Å²) in [6.45, 7) is 3.13. The zero-order valence-electron chi connectivity index (χ0n) is 13.8. The Morgan fingerprint density at radius 2 is 2.04 bits per heavy atom. The van der Waals surface area contributed by atoms with Crippen LogP contribution in [0.25, 0.3) is 11.3 Å². The van der Waals surface area contributed by atoms with Crippen molar-refractivity contribution >= 4 is 5.91 Å². The second-order valence-corrected chi connectivity index (χ2v) is 5.56. The van der Waals surface area contributed by atoms with E-state index in [0.717, 1.165) is 17.5 Å². The number of ether oxygens (including phenoxy) is 1. The van der Waals surface area contributed by atoms with Gasteiger partial charge in [0.25, 0.3) is 11.5 Å². The van der Waals surface area contributed by atoms with Crippen LogP contribution in [-0.2, 0) is 4.74 Å². The molecule has 0 bridgehead atoms. The van der Waals surface area contributed by atoms with Crippen molar-refractivity contribution in [3.05, 3.63) is 57.9 Å². The molecule has 1 N–H and O–H groups in total. The summed E-state index contributed by atoms with van der Waals surface area (Å²) < 4.78 is 4.97. The van der Waals surface area contributed by atoms with Crippen LogP contribution >= 0.6 is 0 Å². The number of carbonyl (C=O) groups is 1. The fraction of sp³-hybridized carbons (Fsp3) is 0.333. The smallest absolute Gasteiger partial charge is 0.261 e. The number of nitrogens with zero attached hydrogens (tertiary/aromatic N) is 1. The highest BCUT2D eigenvalue weighted by Gasteiger charge is 2.15. The van der Waals surface area contributed by atoms with Crippen LogP contribution in [0.1, 0.15) is 22.3 Å². The number of methoxy groups -OCH3 is 1. The summed E-state index contributed by atoms with van der Waals surface area (Å²) in [7, 11) is 3.31. The first kappa shape index (κ1) is 17.0. The van der Waals surface area contributed by atoms with Crippen LogP contribution in [0.2, 0.25) is 0 Å². The third kappa shape index (κ3) is 4.29. The van der Waals surface area contributed by atoms with Gasteiger partial charge in [0, 0.05) is 33.0 Å². The van der Waals surface area contributed by atoms with Crippen LogP contribution in [0.15, 0.2) is 41.2 Å². The Bertz CT molecular complexity index is 737. The average molecular weight is 314 g/mol. The molecule has 0 atom stereocenters. The molecule has 0 unspecified atom stereocenters. The number of rotatable bonds is 6. The van der Waals surface area contributed by atoms with Gasteiger partial charge >= 0.3 is 0 Å². The number of hydrogen-bond acceptors (Lipinski definition) is 3. The number of nitrogens with one attached hydrogen (secondary N) is 1. The number of aromatic amines is 1. The molecule has 5 heteroatoms. The fourth-order valence-electron chi connectivity index (χ4n) is 2.38. The van der Waals surface area contributed by atoms with Gasteiger partial charge in [-0.15, -0.1) is 0 Å². The van der Waals surface area contributed by atoms with E-state index in [4.69, 9.17) is 4.74 Å². The molecule has 1 heterocycles. The lowest BCUT2D eigenvalue weighted by Gasteiger charge is -2.16. The normalized spacial score (nSPS) is 10.6. The summed E-state index contributed by atoms with van der Waals surface area (Å²) in [4.78, 5) is 28.9. The first-order valence-corrected chi connectivity index (χ1v) is 7.57. The van der Waals surface area contributed by atoms with Crippen molar-refractivity contribution in [3.8, 4) is 11.3 Å². The highest BCUT2D eigenvalue weighted by molar-refractivity contribution is 5.93. The van der Waals surface area contributed by atoms with E-state index in [1.165, 1.54) is 4.90 Å². The molecule has 122 valence electrons. The Hall–Kier alpha value is -2.40. The van der Waals surface area contributed by atoms with Crippen molar-refractivity contribution in [2.45, 2.75) is 13.3 Å². The molecule has 0 spiro atoms. The lowest BCUT2D eigenvalue weighted by Crippen LogP contribution is -2.32. The highest BCUT2D eigenvalue weighted by Crippen LogP contribution is 2.17. The monoisotopic (exact) mass is 314 g/mol. The van der Waals surface area contributed by atoms with Crippen molar-refractivity contribution in [1.29, 1.82) is 0 Å². The van der Waals surface area contributed by atoms with Crippen LogP contribution in [0, 0.1) is 6.92 Å². The maximum Gasteiger partial charge on any atom is 0.261 e. The summed E-state index contributed by atoms with van der Waals surface area (Å²) in [5.74, 6) is -0.279. The first-order chi connectivity index (χ1) is 11.0. The van der Waals surface area contributed by atoms with E-state index < -0.39 is 0 Å². The Morgan fingerprint density at radius 1 is 1.26 bits per heavy atom. The molecular weight excluding hydrogens is 292 g/mol. The molecular formula is C18H22N2O3. The zero-order valence-corrected chi connectivity index (χ0v) is 13.8. The Morgan fingerprint density at radius 3 is 2.70 bits per heavy atom. The molecule has 2 aromatic rings. The second kappa shape index (κ2) is 7.74. The van der Waals surface area contributed by atoms with Crippen LogP contribution in [0.3, 0.4) is 0 Å². The highest BCUT2D eigenvalue weighted by atomic mass is 16.5. The summed E-state index contributed by atoms with van der Waals surface area (Å²) in [5.41, 5.74) is 2.53. The predicted molar refractivity (Wildman–Crippen MR) is 90.7 cm³/mol. The molecule has 0 aliphatic carbocycles. The van der Waals surface area contributed by atoms with E-state index in [2.05, 4.69) is 4.98 Å². The van der Waals surface area contributed by atoms with Crippen LogP contribution in [0.5, 0.6) is 0 Å². The van der Waals surface area contributed by atoms with E-state index in [9.17, 15) is 9.59 Å². The van der Waals surface area contributed by atoms with Crippen molar-refractivity contribution in [3.63, 3.8) is 0 Å². The average Bonchev–Trinajstić information content (AvgIpc) is 2.54. The van der Waals surface area contributed by atoms with Gasteiger partial charge in [0.05, 0.1) is 0 Å². The van der Waals surface area contributed by atoms with E-state index in [1.54, 1.807) is 26.3 Å². The Balaban J connectivity index is 2.19. The minimum absolute atomic E-state index is 0.154. The van der Waals surface area contributed by atoms with Gasteiger partial charge in [-0.05, 0) is 37.1 Å². The molecule has 1 aromatic heterocycles. The maximum absolute atomic E-state index is 12.3. The van der Waals surface area contributed by atoms with Crippen molar-refractivity contribution in [2.75, 3.05) is 27.3 Å². The number of aryl methyl sites for hydroxylation is 1. The largest absolute Gasteiger partial charge is 0.385 e. The lowest BCUT2D eigenvalue weighted by atomic mass is 10.1. The minimum atomic E-state index is -0.368. The van der Waals surface area contributed by atoms with Crippen LogP contribution < -0.4 is 5.56 Å². The Labute approximate surface area is 135 Å². The molecule has 0 saturated carbocycles. The van der Waals surface area contributed by atoms with E-state index in [0.29, 0.717) is 18.8 Å². The SMILES string of the molecule is COCCCN(C)C(=O)c1ccc(-c2cccc(C)c2)[nH]c1=O. The molecule has 2 rings (SSSR count). The molecule has 0 radical (unpaired) electrons. The first-order valence-electron chi connectivity index (χ1n) is 7.57. The van der Waals surface area contributed by atoms with E-state index in [-0.39, 0.29) is 17.0 Å². The van der Waals surface area contributed by atoms with Gasteiger partial charge < -0.3 is 14.6 Å². The lowest BCUT2D eigenvalue weighted by molar-refractivity contribution is 0.0777. The van der Waals surface area contributed by atoms with Crippen LogP contribution in [-0.4, -0.2) is 43.1 Å². The summed E-state index contributed by atoms with van der Waals surface area (Å²) in [6.07, 6.45) is 0.734. The molecule has 0 aliphatic rings. The van der Waals surface area contributed by atoms with E-state index in [1.807, 2.05) is 31.2 Å². The number of amides is 1. The van der Waals surface area contributed by atoms with Gasteiger partial charge in [0.1, 0.15) is 5.56 Å². The number of carbonyl (C=O) groups excluding carboxylic acids is 1. The van der Waals surface area contributed by atoms with Gasteiger partial charge in [-0.2, -0.15) is 0 Å². The van der Waals surface area contributed by atoms with Gasteiger partial charge in [-0.25, -0.2) is 0 Å². The molecule has 0 aliphatic heterocycles. The topological polar surface area (TPSA) is 62.4 Å². The second-order valence-electron chi connectivity index (χ2n) is 5.56. The maximum atomic E-state index is 12.3. The van der Waals surface area contributed by atoms with Crippen molar-refractivity contribution < 1.29 is 9.53 Å². The van der Waals surface area contributed by atoms with E-state index >= 15 is 0 Å². The molecule has 23 heavy (non-hydrogen) atoms. The molecule has 1 aromatic carbocycles. The number of H-pyrrole nitrogens is 1. The number of benzene rings is 1. The summed E-state index contributed by atoms with van der Waals surface area (Å²) in [6, 6.07) is 11.2. The summed E-state index contributed by atoms with van der Waals surface area (Å²) in [5, 5.41) is 0. The third-order valence-electron chi connectivity index (χ3n) is 3.66. The molecule has 0 saturated heterocycles. The minimum Gasteiger partial charge on any atom is -0.385 e. The number of hydrogen-bond donors (Lipinski definition) is 1. The van der Waals surface area contributed by atoms with Gasteiger partial charge in [-0.3, -0.25) is 9.59 Å².